The SMILES string of the molecule is Cc1ccc(COc2ccc(/C=C3/C(=N)N4N=C(c5cccnc5)SC4=NC3=O)cc2Cl)cc1. The van der Waals surface area contributed by atoms with Gasteiger partial charge < -0.3 is 4.74 Å². The van der Waals surface area contributed by atoms with Gasteiger partial charge in [-0.05, 0) is 60.2 Å². The maximum atomic E-state index is 12.7. The van der Waals surface area contributed by atoms with Crippen LogP contribution in [0.5, 0.6) is 5.75 Å². The summed E-state index contributed by atoms with van der Waals surface area (Å²) in [4.78, 5) is 20.9. The van der Waals surface area contributed by atoms with Gasteiger partial charge in [-0.2, -0.15) is 15.1 Å². The minimum absolute atomic E-state index is 0.0442. The van der Waals surface area contributed by atoms with Gasteiger partial charge in [0.25, 0.3) is 5.91 Å². The third-order valence-electron chi connectivity index (χ3n) is 5.14. The van der Waals surface area contributed by atoms with Crippen LogP contribution in [0.15, 0.2) is 82.7 Å². The minimum atomic E-state index is -0.498. The summed E-state index contributed by atoms with van der Waals surface area (Å²) in [5.41, 5.74) is 3.80. The van der Waals surface area contributed by atoms with Gasteiger partial charge in [0.05, 0.1) is 10.6 Å². The molecule has 2 aromatic carbocycles. The summed E-state index contributed by atoms with van der Waals surface area (Å²) in [6.45, 7) is 2.43. The van der Waals surface area contributed by atoms with Gasteiger partial charge in [-0.1, -0.05) is 47.5 Å². The quantitative estimate of drug-likeness (QED) is 0.494. The molecule has 1 aromatic heterocycles. The normalized spacial score (nSPS) is 16.4. The van der Waals surface area contributed by atoms with Crippen molar-refractivity contribution in [2.45, 2.75) is 13.5 Å². The predicted octanol–water partition coefficient (Wildman–Crippen LogP) is 5.29. The number of hydrogen-bond acceptors (Lipinski definition) is 6. The number of pyridine rings is 1. The topological polar surface area (TPSA) is 91.0 Å². The number of thioether (sulfide) groups is 1. The first-order chi connectivity index (χ1) is 16.5. The molecule has 1 amide bonds. The molecule has 3 heterocycles. The molecule has 168 valence electrons. The maximum Gasteiger partial charge on any atom is 0.283 e. The Hall–Kier alpha value is -3.75. The number of fused-ring (bicyclic) bond motifs is 1. The van der Waals surface area contributed by atoms with E-state index in [1.165, 1.54) is 22.3 Å². The van der Waals surface area contributed by atoms with Crippen LogP contribution < -0.4 is 4.74 Å². The highest BCUT2D eigenvalue weighted by molar-refractivity contribution is 8.27. The van der Waals surface area contributed by atoms with Crippen molar-refractivity contribution in [1.29, 1.82) is 5.41 Å². The number of aliphatic imine (C=N–C) groups is 1. The number of carbonyl (C=O) groups is 1. The van der Waals surface area contributed by atoms with Crippen LogP contribution in [0.25, 0.3) is 6.08 Å². The second-order valence-electron chi connectivity index (χ2n) is 7.63. The molecule has 0 fully saturated rings. The zero-order valence-electron chi connectivity index (χ0n) is 18.0. The zero-order valence-corrected chi connectivity index (χ0v) is 19.6. The lowest BCUT2D eigenvalue weighted by Gasteiger charge is -2.20. The van der Waals surface area contributed by atoms with E-state index < -0.39 is 5.91 Å². The molecule has 1 N–H and O–H groups in total. The highest BCUT2D eigenvalue weighted by Crippen LogP contribution is 2.32. The van der Waals surface area contributed by atoms with Gasteiger partial charge in [0.1, 0.15) is 17.4 Å². The number of benzene rings is 2. The Kier molecular flexibility index (Phi) is 6.00. The number of nitrogens with zero attached hydrogens (tertiary/aromatic N) is 4. The minimum Gasteiger partial charge on any atom is -0.487 e. The van der Waals surface area contributed by atoms with Crippen LogP contribution in [0.4, 0.5) is 0 Å². The number of rotatable bonds is 5. The predicted molar refractivity (Wildman–Crippen MR) is 135 cm³/mol. The van der Waals surface area contributed by atoms with E-state index >= 15 is 0 Å². The molecule has 5 rings (SSSR count). The molecule has 7 nitrogen and oxygen atoms in total. The van der Waals surface area contributed by atoms with Crippen LogP contribution in [0.2, 0.25) is 5.02 Å². The largest absolute Gasteiger partial charge is 0.487 e. The first-order valence-electron chi connectivity index (χ1n) is 10.4. The number of carbonyl (C=O) groups excluding carboxylic acids is 1. The van der Waals surface area contributed by atoms with E-state index in [9.17, 15) is 4.79 Å². The Morgan fingerprint density at radius 2 is 2.00 bits per heavy atom. The molecule has 0 bridgehead atoms. The van der Waals surface area contributed by atoms with Crippen molar-refractivity contribution < 1.29 is 9.53 Å². The summed E-state index contributed by atoms with van der Waals surface area (Å²) in [6.07, 6.45) is 4.94. The van der Waals surface area contributed by atoms with Crippen molar-refractivity contribution >= 4 is 51.4 Å². The number of aryl methyl sites for hydroxylation is 1. The molecule has 9 heteroatoms. The first-order valence-corrected chi connectivity index (χ1v) is 11.6. The fourth-order valence-corrected chi connectivity index (χ4v) is 4.46. The number of amides is 1. The van der Waals surface area contributed by atoms with Crippen LogP contribution in [0.3, 0.4) is 0 Å². The van der Waals surface area contributed by atoms with E-state index in [4.69, 9.17) is 21.7 Å². The van der Waals surface area contributed by atoms with Crippen LogP contribution in [0, 0.1) is 12.3 Å². The van der Waals surface area contributed by atoms with E-state index in [0.29, 0.717) is 33.2 Å². The maximum absolute atomic E-state index is 12.7. The van der Waals surface area contributed by atoms with E-state index in [-0.39, 0.29) is 11.4 Å². The van der Waals surface area contributed by atoms with Crippen molar-refractivity contribution in [2.24, 2.45) is 10.1 Å². The molecule has 0 atom stereocenters. The number of aromatic nitrogens is 1. The molecule has 3 aromatic rings. The fourth-order valence-electron chi connectivity index (χ4n) is 3.33. The molecule has 0 radical (unpaired) electrons. The third kappa shape index (κ3) is 4.50. The summed E-state index contributed by atoms with van der Waals surface area (Å²) in [5, 5.41) is 15.7. The molecular weight excluding hydrogens is 470 g/mol. The second-order valence-corrected chi connectivity index (χ2v) is 8.99. The zero-order chi connectivity index (χ0) is 23.7. The molecular formula is C25H18ClN5O2S. The molecule has 0 saturated heterocycles. The van der Waals surface area contributed by atoms with Crippen LogP contribution in [-0.2, 0) is 11.4 Å². The van der Waals surface area contributed by atoms with Crippen LogP contribution >= 0.6 is 23.4 Å². The monoisotopic (exact) mass is 487 g/mol. The number of hydrogen-bond donors (Lipinski definition) is 1. The van der Waals surface area contributed by atoms with E-state index in [2.05, 4.69) is 15.1 Å². The van der Waals surface area contributed by atoms with Gasteiger partial charge in [0, 0.05) is 18.0 Å². The van der Waals surface area contributed by atoms with Gasteiger partial charge in [-0.3, -0.25) is 15.2 Å². The van der Waals surface area contributed by atoms with Crippen molar-refractivity contribution in [1.82, 2.24) is 9.99 Å². The second kappa shape index (κ2) is 9.24. The third-order valence-corrected chi connectivity index (χ3v) is 6.40. The van der Waals surface area contributed by atoms with Gasteiger partial charge >= 0.3 is 0 Å². The number of halogens is 1. The lowest BCUT2D eigenvalue weighted by atomic mass is 10.1. The molecule has 0 saturated carbocycles. The van der Waals surface area contributed by atoms with Crippen LogP contribution in [0.1, 0.15) is 22.3 Å². The van der Waals surface area contributed by atoms with E-state index in [1.807, 2.05) is 37.3 Å². The van der Waals surface area contributed by atoms with E-state index in [0.717, 1.165) is 11.1 Å². The van der Waals surface area contributed by atoms with E-state index in [1.54, 1.807) is 42.7 Å². The lowest BCUT2D eigenvalue weighted by molar-refractivity contribution is -0.114. The van der Waals surface area contributed by atoms with Crippen molar-refractivity contribution in [3.05, 3.63) is 99.8 Å². The van der Waals surface area contributed by atoms with Crippen molar-refractivity contribution in [2.75, 3.05) is 0 Å². The molecule has 2 aliphatic heterocycles. The molecule has 34 heavy (non-hydrogen) atoms. The Labute approximate surface area is 205 Å². The molecule has 0 unspecified atom stereocenters. The van der Waals surface area contributed by atoms with Gasteiger partial charge in [0.2, 0.25) is 5.17 Å². The molecule has 0 spiro atoms. The van der Waals surface area contributed by atoms with Crippen molar-refractivity contribution in [3.63, 3.8) is 0 Å². The highest BCUT2D eigenvalue weighted by atomic mass is 35.5. The number of ether oxygens (including phenoxy) is 1. The summed E-state index contributed by atoms with van der Waals surface area (Å²) in [6, 6.07) is 17.0. The lowest BCUT2D eigenvalue weighted by Crippen LogP contribution is -2.35. The smallest absolute Gasteiger partial charge is 0.283 e. The Balaban J connectivity index is 1.35. The number of amidine groups is 2. The highest BCUT2D eigenvalue weighted by Gasteiger charge is 2.36. The van der Waals surface area contributed by atoms with Gasteiger partial charge in [0.15, 0.2) is 5.84 Å². The standard InChI is InChI=1S/C25H18ClN5O2S/c1-15-4-6-16(7-5-15)14-33-21-9-8-17(12-20(21)26)11-19-22(27)31-25(29-23(19)32)34-24(30-31)18-3-2-10-28-13-18/h2-13,27H,14H2,1H3/b19-11-,27-22?. The number of hydrazone groups is 1. The fraction of sp³-hybridized carbons (Fsp3) is 0.0800. The summed E-state index contributed by atoms with van der Waals surface area (Å²) in [5.74, 6) is -0.00387. The Bertz CT molecular complexity index is 1380. The van der Waals surface area contributed by atoms with Crippen molar-refractivity contribution in [3.8, 4) is 5.75 Å². The average molecular weight is 488 g/mol. The van der Waals surface area contributed by atoms with Crippen LogP contribution in [-0.4, -0.2) is 31.9 Å². The summed E-state index contributed by atoms with van der Waals surface area (Å²) >= 11 is 7.66. The molecule has 0 aliphatic carbocycles. The first kappa shape index (κ1) is 22.1. The summed E-state index contributed by atoms with van der Waals surface area (Å²) in [7, 11) is 0. The number of nitrogens with one attached hydrogen (secondary N) is 1. The molecule has 2 aliphatic rings. The average Bonchev–Trinajstić information content (AvgIpc) is 3.27. The Morgan fingerprint density at radius 3 is 2.74 bits per heavy atom. The Morgan fingerprint density at radius 1 is 1.18 bits per heavy atom. The summed E-state index contributed by atoms with van der Waals surface area (Å²) < 4.78 is 5.84. The van der Waals surface area contributed by atoms with Gasteiger partial charge in [-0.25, -0.2) is 0 Å². The van der Waals surface area contributed by atoms with Gasteiger partial charge in [-0.15, -0.1) is 0 Å².